The minimum Gasteiger partial charge on any atom is -0.381 e. The van der Waals surface area contributed by atoms with Crippen LogP contribution in [0.4, 0.5) is 0 Å². The minimum absolute atomic E-state index is 0.196. The average molecular weight is 251 g/mol. The monoisotopic (exact) mass is 251 g/mol. The van der Waals surface area contributed by atoms with Crippen molar-refractivity contribution in [2.24, 2.45) is 11.5 Å². The highest BCUT2D eigenvalue weighted by Gasteiger charge is 2.12. The van der Waals surface area contributed by atoms with Crippen molar-refractivity contribution in [2.45, 2.75) is 12.5 Å². The number of carbonyl (C=O) groups is 2. The second-order valence-corrected chi connectivity index (χ2v) is 3.86. The summed E-state index contributed by atoms with van der Waals surface area (Å²) in [4.78, 5) is 22.2. The van der Waals surface area contributed by atoms with Crippen molar-refractivity contribution in [1.29, 1.82) is 0 Å². The third-order valence-corrected chi connectivity index (χ3v) is 2.43. The molecule has 0 aromatic heterocycles. The Kier molecular flexibility index (Phi) is 5.29. The summed E-state index contributed by atoms with van der Waals surface area (Å²) >= 11 is 0. The van der Waals surface area contributed by atoms with Crippen LogP contribution < -0.4 is 16.8 Å². The number of rotatable bonds is 6. The summed E-state index contributed by atoms with van der Waals surface area (Å²) in [6, 6.07) is 6.95. The maximum atomic E-state index is 11.6. The molecule has 6 N–H and O–H groups in total. The van der Waals surface area contributed by atoms with E-state index in [1.165, 1.54) is 0 Å². The fraction of sp³-hybridized carbons (Fsp3) is 0.333. The SMILES string of the molecule is NCCc1ccc(C(=O)NCC(O)C(N)=O)cc1. The lowest BCUT2D eigenvalue weighted by Gasteiger charge is -2.08. The maximum absolute atomic E-state index is 11.6. The van der Waals surface area contributed by atoms with E-state index in [2.05, 4.69) is 5.32 Å². The van der Waals surface area contributed by atoms with Crippen LogP contribution in [-0.2, 0) is 11.2 Å². The van der Waals surface area contributed by atoms with Gasteiger partial charge in [0, 0.05) is 5.56 Å². The predicted octanol–water partition coefficient (Wildman–Crippen LogP) is -1.24. The Hall–Kier alpha value is -1.92. The summed E-state index contributed by atoms with van der Waals surface area (Å²) in [5.74, 6) is -1.23. The van der Waals surface area contributed by atoms with Crippen molar-refractivity contribution < 1.29 is 14.7 Å². The smallest absolute Gasteiger partial charge is 0.251 e. The van der Waals surface area contributed by atoms with Gasteiger partial charge in [0.25, 0.3) is 5.91 Å². The van der Waals surface area contributed by atoms with Gasteiger partial charge < -0.3 is 21.9 Å². The maximum Gasteiger partial charge on any atom is 0.251 e. The van der Waals surface area contributed by atoms with E-state index in [4.69, 9.17) is 16.6 Å². The van der Waals surface area contributed by atoms with Gasteiger partial charge in [0.05, 0.1) is 6.54 Å². The van der Waals surface area contributed by atoms with E-state index in [0.717, 1.165) is 12.0 Å². The van der Waals surface area contributed by atoms with Gasteiger partial charge in [-0.05, 0) is 30.7 Å². The summed E-state index contributed by atoms with van der Waals surface area (Å²) in [5.41, 5.74) is 11.8. The summed E-state index contributed by atoms with van der Waals surface area (Å²) in [6.45, 7) is 0.356. The number of benzene rings is 1. The largest absolute Gasteiger partial charge is 0.381 e. The van der Waals surface area contributed by atoms with Crippen LogP contribution in [0.1, 0.15) is 15.9 Å². The fourth-order valence-corrected chi connectivity index (χ4v) is 1.38. The molecule has 2 amide bonds. The van der Waals surface area contributed by atoms with Crippen molar-refractivity contribution in [3.8, 4) is 0 Å². The Labute approximate surface area is 105 Å². The van der Waals surface area contributed by atoms with E-state index in [1.807, 2.05) is 12.1 Å². The highest BCUT2D eigenvalue weighted by Crippen LogP contribution is 2.04. The molecule has 6 heteroatoms. The molecular formula is C12H17N3O3. The van der Waals surface area contributed by atoms with E-state index in [1.54, 1.807) is 12.1 Å². The predicted molar refractivity (Wildman–Crippen MR) is 66.7 cm³/mol. The van der Waals surface area contributed by atoms with Crippen LogP contribution in [0.3, 0.4) is 0 Å². The summed E-state index contributed by atoms with van der Waals surface area (Å²) < 4.78 is 0. The molecule has 0 saturated carbocycles. The Morgan fingerprint density at radius 3 is 2.39 bits per heavy atom. The summed E-state index contributed by atoms with van der Waals surface area (Å²) in [6.07, 6.45) is -0.618. The number of nitrogens with one attached hydrogen (secondary N) is 1. The molecule has 98 valence electrons. The van der Waals surface area contributed by atoms with Crippen molar-refractivity contribution in [3.05, 3.63) is 35.4 Å². The first-order chi connectivity index (χ1) is 8.54. The van der Waals surface area contributed by atoms with Crippen molar-refractivity contribution in [2.75, 3.05) is 13.1 Å². The minimum atomic E-state index is -1.37. The number of primary amides is 1. The molecule has 18 heavy (non-hydrogen) atoms. The van der Waals surface area contributed by atoms with Gasteiger partial charge >= 0.3 is 0 Å². The molecule has 1 atom stereocenters. The van der Waals surface area contributed by atoms with Crippen LogP contribution in [-0.4, -0.2) is 36.1 Å². The van der Waals surface area contributed by atoms with Crippen LogP contribution in [0.25, 0.3) is 0 Å². The quantitative estimate of drug-likeness (QED) is 0.506. The normalized spacial score (nSPS) is 11.9. The highest BCUT2D eigenvalue weighted by molar-refractivity contribution is 5.94. The first-order valence-corrected chi connectivity index (χ1v) is 5.59. The van der Waals surface area contributed by atoms with Crippen molar-refractivity contribution in [1.82, 2.24) is 5.32 Å². The van der Waals surface area contributed by atoms with E-state index in [0.29, 0.717) is 12.1 Å². The molecule has 0 aliphatic rings. The molecule has 1 unspecified atom stereocenters. The van der Waals surface area contributed by atoms with Crippen molar-refractivity contribution >= 4 is 11.8 Å². The van der Waals surface area contributed by atoms with Gasteiger partial charge in [-0.15, -0.1) is 0 Å². The second kappa shape index (κ2) is 6.73. The van der Waals surface area contributed by atoms with Crippen LogP contribution >= 0.6 is 0 Å². The first-order valence-electron chi connectivity index (χ1n) is 5.59. The third kappa shape index (κ3) is 4.15. The van der Waals surface area contributed by atoms with E-state index < -0.39 is 12.0 Å². The Morgan fingerprint density at radius 2 is 1.89 bits per heavy atom. The van der Waals surface area contributed by atoms with Gasteiger partial charge in [-0.2, -0.15) is 0 Å². The standard InChI is InChI=1S/C12H17N3O3/c13-6-5-8-1-3-9(4-2-8)12(18)15-7-10(16)11(14)17/h1-4,10,16H,5-7,13H2,(H2,14,17)(H,15,18). The van der Waals surface area contributed by atoms with Gasteiger partial charge in [0.2, 0.25) is 5.91 Å². The van der Waals surface area contributed by atoms with E-state index in [-0.39, 0.29) is 12.5 Å². The number of hydrogen-bond acceptors (Lipinski definition) is 4. The molecule has 6 nitrogen and oxygen atoms in total. The zero-order chi connectivity index (χ0) is 13.5. The van der Waals surface area contributed by atoms with E-state index in [9.17, 15) is 9.59 Å². The number of aliphatic hydroxyl groups excluding tert-OH is 1. The van der Waals surface area contributed by atoms with Crippen LogP contribution in [0, 0.1) is 0 Å². The number of aliphatic hydroxyl groups is 1. The zero-order valence-corrected chi connectivity index (χ0v) is 9.93. The number of amides is 2. The Balaban J connectivity index is 2.54. The Bertz CT molecular complexity index is 417. The molecule has 1 aromatic carbocycles. The van der Waals surface area contributed by atoms with Crippen LogP contribution in [0.5, 0.6) is 0 Å². The number of nitrogens with two attached hydrogens (primary N) is 2. The van der Waals surface area contributed by atoms with Crippen LogP contribution in [0.2, 0.25) is 0 Å². The molecule has 0 heterocycles. The van der Waals surface area contributed by atoms with Gasteiger partial charge in [-0.1, -0.05) is 12.1 Å². The fourth-order valence-electron chi connectivity index (χ4n) is 1.38. The summed E-state index contributed by atoms with van der Waals surface area (Å²) in [7, 11) is 0. The van der Waals surface area contributed by atoms with Gasteiger partial charge in [-0.3, -0.25) is 9.59 Å². The molecular weight excluding hydrogens is 234 g/mol. The molecule has 0 fully saturated rings. The van der Waals surface area contributed by atoms with Gasteiger partial charge in [0.1, 0.15) is 6.10 Å². The first kappa shape index (κ1) is 14.1. The van der Waals surface area contributed by atoms with E-state index >= 15 is 0 Å². The molecule has 0 saturated heterocycles. The molecule has 0 spiro atoms. The molecule has 0 bridgehead atoms. The lowest BCUT2D eigenvalue weighted by Crippen LogP contribution is -2.39. The zero-order valence-electron chi connectivity index (χ0n) is 9.93. The van der Waals surface area contributed by atoms with Gasteiger partial charge in [0.15, 0.2) is 0 Å². The second-order valence-electron chi connectivity index (χ2n) is 3.86. The molecule has 0 aliphatic carbocycles. The molecule has 0 radical (unpaired) electrons. The summed E-state index contributed by atoms with van der Waals surface area (Å²) in [5, 5.41) is 11.6. The topological polar surface area (TPSA) is 118 Å². The van der Waals surface area contributed by atoms with Crippen molar-refractivity contribution in [3.63, 3.8) is 0 Å². The number of hydrogen-bond donors (Lipinski definition) is 4. The van der Waals surface area contributed by atoms with Gasteiger partial charge in [-0.25, -0.2) is 0 Å². The Morgan fingerprint density at radius 1 is 1.28 bits per heavy atom. The van der Waals surface area contributed by atoms with Crippen LogP contribution in [0.15, 0.2) is 24.3 Å². The average Bonchev–Trinajstić information content (AvgIpc) is 2.36. The molecule has 1 rings (SSSR count). The lowest BCUT2D eigenvalue weighted by molar-refractivity contribution is -0.125. The lowest BCUT2D eigenvalue weighted by atomic mass is 10.1. The highest BCUT2D eigenvalue weighted by atomic mass is 16.3. The molecule has 1 aromatic rings. The number of carbonyl (C=O) groups excluding carboxylic acids is 2. The third-order valence-electron chi connectivity index (χ3n) is 2.43. The molecule has 0 aliphatic heterocycles.